The van der Waals surface area contributed by atoms with Crippen LogP contribution in [0.2, 0.25) is 0 Å². The van der Waals surface area contributed by atoms with Crippen LogP contribution in [0.1, 0.15) is 51.0 Å². The zero-order chi connectivity index (χ0) is 16.7. The summed E-state index contributed by atoms with van der Waals surface area (Å²) in [5.41, 5.74) is 1.23. The molecule has 1 aromatic rings. The maximum absolute atomic E-state index is 5.46. The van der Waals surface area contributed by atoms with E-state index in [1.54, 1.807) is 7.11 Å². The summed E-state index contributed by atoms with van der Waals surface area (Å²) in [6.07, 6.45) is 5.10. The van der Waals surface area contributed by atoms with E-state index in [9.17, 15) is 0 Å². The van der Waals surface area contributed by atoms with Gasteiger partial charge in [0.15, 0.2) is 5.96 Å². The first-order chi connectivity index (χ1) is 11.1. The third kappa shape index (κ3) is 6.15. The van der Waals surface area contributed by atoms with E-state index in [2.05, 4.69) is 41.6 Å². The van der Waals surface area contributed by atoms with Gasteiger partial charge in [0.05, 0.1) is 7.11 Å². The lowest BCUT2D eigenvalue weighted by atomic mass is 9.87. The molecule has 136 valence electrons. The number of aliphatic imine (C=N–C) groups is 1. The Morgan fingerprint density at radius 3 is 2.54 bits per heavy atom. The maximum atomic E-state index is 5.46. The van der Waals surface area contributed by atoms with E-state index in [-0.39, 0.29) is 24.0 Å². The summed E-state index contributed by atoms with van der Waals surface area (Å²) in [5, 5.41) is 7.03. The van der Waals surface area contributed by atoms with Crippen LogP contribution in [-0.4, -0.2) is 32.7 Å². The number of halogens is 1. The predicted octanol–water partition coefficient (Wildman–Crippen LogP) is 4.16. The number of ether oxygens (including phenoxy) is 1. The van der Waals surface area contributed by atoms with Crippen molar-refractivity contribution >= 4 is 29.9 Å². The van der Waals surface area contributed by atoms with E-state index in [1.807, 2.05) is 19.2 Å². The molecule has 24 heavy (non-hydrogen) atoms. The molecule has 1 unspecified atom stereocenters. The third-order valence-electron chi connectivity index (χ3n) is 4.83. The Bertz CT molecular complexity index is 513. The van der Waals surface area contributed by atoms with Crippen molar-refractivity contribution in [2.24, 2.45) is 10.9 Å². The zero-order valence-corrected chi connectivity index (χ0v) is 17.7. The number of hydrogen-bond acceptors (Lipinski definition) is 2. The Labute approximate surface area is 163 Å². The van der Waals surface area contributed by atoms with Crippen LogP contribution >= 0.6 is 24.0 Å². The standard InChI is InChI=1S/C19H31N3O.HI/c1-14-9-11-16(12-10-14)22-19(20-3)21-13-15(2)17-7-5-6-8-18(17)23-4;/h5-8,14-16H,9-13H2,1-4H3,(H2,20,21,22);1H. The lowest BCUT2D eigenvalue weighted by molar-refractivity contribution is 0.329. The second kappa shape index (κ2) is 10.8. The second-order valence-electron chi connectivity index (χ2n) is 6.70. The molecule has 0 aliphatic heterocycles. The second-order valence-corrected chi connectivity index (χ2v) is 6.70. The maximum Gasteiger partial charge on any atom is 0.191 e. The van der Waals surface area contributed by atoms with Gasteiger partial charge in [-0.1, -0.05) is 32.0 Å². The Kier molecular flexibility index (Phi) is 9.48. The number of benzene rings is 1. The van der Waals surface area contributed by atoms with Gasteiger partial charge in [-0.3, -0.25) is 4.99 Å². The molecule has 1 aliphatic rings. The highest BCUT2D eigenvalue weighted by atomic mass is 127. The summed E-state index contributed by atoms with van der Waals surface area (Å²) in [6, 6.07) is 8.77. The van der Waals surface area contributed by atoms with Crippen molar-refractivity contribution in [3.05, 3.63) is 29.8 Å². The molecule has 4 nitrogen and oxygen atoms in total. The number of nitrogens with zero attached hydrogens (tertiary/aromatic N) is 1. The summed E-state index contributed by atoms with van der Waals surface area (Å²) in [7, 11) is 3.57. The summed E-state index contributed by atoms with van der Waals surface area (Å²) in [6.45, 7) is 5.39. The van der Waals surface area contributed by atoms with E-state index in [0.29, 0.717) is 12.0 Å². The van der Waals surface area contributed by atoms with Crippen molar-refractivity contribution in [3.63, 3.8) is 0 Å². The van der Waals surface area contributed by atoms with Crippen molar-refractivity contribution in [1.82, 2.24) is 10.6 Å². The minimum Gasteiger partial charge on any atom is -0.496 e. The van der Waals surface area contributed by atoms with Gasteiger partial charge in [0.1, 0.15) is 5.75 Å². The fourth-order valence-corrected chi connectivity index (χ4v) is 3.23. The van der Waals surface area contributed by atoms with Crippen LogP contribution in [0.5, 0.6) is 5.75 Å². The molecule has 1 aromatic carbocycles. The lowest BCUT2D eigenvalue weighted by Crippen LogP contribution is -2.45. The van der Waals surface area contributed by atoms with E-state index >= 15 is 0 Å². The first kappa shape index (κ1) is 21.1. The van der Waals surface area contributed by atoms with Gasteiger partial charge in [0.2, 0.25) is 0 Å². The predicted molar refractivity (Wildman–Crippen MR) is 113 cm³/mol. The number of rotatable bonds is 5. The van der Waals surface area contributed by atoms with Gasteiger partial charge in [-0.05, 0) is 43.2 Å². The van der Waals surface area contributed by atoms with Crippen LogP contribution in [0, 0.1) is 5.92 Å². The topological polar surface area (TPSA) is 45.7 Å². The van der Waals surface area contributed by atoms with Gasteiger partial charge in [-0.25, -0.2) is 0 Å². The molecule has 1 aliphatic carbocycles. The minimum absolute atomic E-state index is 0. The average Bonchev–Trinajstić information content (AvgIpc) is 2.59. The van der Waals surface area contributed by atoms with Crippen LogP contribution in [0.3, 0.4) is 0 Å². The number of methoxy groups -OCH3 is 1. The zero-order valence-electron chi connectivity index (χ0n) is 15.3. The van der Waals surface area contributed by atoms with Crippen LogP contribution in [0.4, 0.5) is 0 Å². The highest BCUT2D eigenvalue weighted by molar-refractivity contribution is 14.0. The highest BCUT2D eigenvalue weighted by Gasteiger charge is 2.19. The Morgan fingerprint density at radius 2 is 1.92 bits per heavy atom. The molecule has 0 heterocycles. The summed E-state index contributed by atoms with van der Waals surface area (Å²) in [4.78, 5) is 4.37. The fraction of sp³-hybridized carbons (Fsp3) is 0.632. The van der Waals surface area contributed by atoms with Crippen molar-refractivity contribution in [2.45, 2.75) is 51.5 Å². The molecular weight excluding hydrogens is 413 g/mol. The first-order valence-electron chi connectivity index (χ1n) is 8.74. The molecule has 0 bridgehead atoms. The molecule has 0 aromatic heterocycles. The number of nitrogens with one attached hydrogen (secondary N) is 2. The summed E-state index contributed by atoms with van der Waals surface area (Å²) >= 11 is 0. The summed E-state index contributed by atoms with van der Waals surface area (Å²) in [5.74, 6) is 3.09. The number of hydrogen-bond donors (Lipinski definition) is 2. The SMILES string of the molecule is CN=C(NCC(C)c1ccccc1OC)NC1CCC(C)CC1.I. The van der Waals surface area contributed by atoms with E-state index < -0.39 is 0 Å². The Balaban J connectivity index is 0.00000288. The first-order valence-corrected chi connectivity index (χ1v) is 8.74. The molecule has 1 fully saturated rings. The van der Waals surface area contributed by atoms with Crippen LogP contribution in [0.15, 0.2) is 29.3 Å². The average molecular weight is 445 g/mol. The molecule has 0 radical (unpaired) electrons. The molecule has 0 spiro atoms. The van der Waals surface area contributed by atoms with Crippen molar-refractivity contribution in [3.8, 4) is 5.75 Å². The van der Waals surface area contributed by atoms with Crippen molar-refractivity contribution in [2.75, 3.05) is 20.7 Å². The lowest BCUT2D eigenvalue weighted by Gasteiger charge is -2.28. The molecule has 1 atom stereocenters. The van der Waals surface area contributed by atoms with Gasteiger partial charge >= 0.3 is 0 Å². The van der Waals surface area contributed by atoms with Gasteiger partial charge in [0.25, 0.3) is 0 Å². The molecule has 2 N–H and O–H groups in total. The van der Waals surface area contributed by atoms with E-state index in [4.69, 9.17) is 4.74 Å². The quantitative estimate of drug-likeness (QED) is 0.407. The smallest absolute Gasteiger partial charge is 0.191 e. The largest absolute Gasteiger partial charge is 0.496 e. The van der Waals surface area contributed by atoms with Gasteiger partial charge in [0, 0.05) is 25.6 Å². The van der Waals surface area contributed by atoms with Crippen LogP contribution < -0.4 is 15.4 Å². The Morgan fingerprint density at radius 1 is 1.25 bits per heavy atom. The third-order valence-corrected chi connectivity index (χ3v) is 4.83. The molecule has 2 rings (SSSR count). The normalized spacial score (nSPS) is 22.2. The van der Waals surface area contributed by atoms with Crippen LogP contribution in [-0.2, 0) is 0 Å². The monoisotopic (exact) mass is 445 g/mol. The fourth-order valence-electron chi connectivity index (χ4n) is 3.23. The highest BCUT2D eigenvalue weighted by Crippen LogP contribution is 2.26. The van der Waals surface area contributed by atoms with E-state index in [1.165, 1.54) is 31.2 Å². The minimum atomic E-state index is 0. The van der Waals surface area contributed by atoms with Crippen LogP contribution in [0.25, 0.3) is 0 Å². The van der Waals surface area contributed by atoms with Gasteiger partial charge in [-0.15, -0.1) is 24.0 Å². The molecule has 0 saturated heterocycles. The van der Waals surface area contributed by atoms with Crippen molar-refractivity contribution < 1.29 is 4.74 Å². The Hall–Kier alpha value is -0.980. The molecular formula is C19H32IN3O. The van der Waals surface area contributed by atoms with Gasteiger partial charge < -0.3 is 15.4 Å². The van der Waals surface area contributed by atoms with Crippen molar-refractivity contribution in [1.29, 1.82) is 0 Å². The summed E-state index contributed by atoms with van der Waals surface area (Å²) < 4.78 is 5.46. The van der Waals surface area contributed by atoms with E-state index in [0.717, 1.165) is 24.2 Å². The van der Waals surface area contributed by atoms with Gasteiger partial charge in [-0.2, -0.15) is 0 Å². The molecule has 0 amide bonds. The number of guanidine groups is 1. The number of para-hydroxylation sites is 1. The molecule has 1 saturated carbocycles. The molecule has 5 heteroatoms.